The van der Waals surface area contributed by atoms with Gasteiger partial charge in [0.1, 0.15) is 18.3 Å². The number of ether oxygens (including phenoxy) is 1. The first-order valence-corrected chi connectivity index (χ1v) is 8.11. The minimum Gasteiger partial charge on any atom is -0.394 e. The van der Waals surface area contributed by atoms with Crippen molar-refractivity contribution < 1.29 is 33.3 Å². The van der Waals surface area contributed by atoms with Crippen molar-refractivity contribution in [3.63, 3.8) is 0 Å². The van der Waals surface area contributed by atoms with Crippen LogP contribution in [0.15, 0.2) is 11.4 Å². The van der Waals surface area contributed by atoms with Crippen LogP contribution in [-0.2, 0) is 14.6 Å². The normalized spacial score (nSPS) is 28.9. The predicted octanol–water partition coefficient (Wildman–Crippen LogP) is -2.61. The molecule has 1 saturated heterocycles. The van der Waals surface area contributed by atoms with Gasteiger partial charge in [-0.2, -0.15) is 0 Å². The first kappa shape index (κ1) is 16.8. The molecule has 22 heavy (non-hydrogen) atoms. The van der Waals surface area contributed by atoms with E-state index in [2.05, 4.69) is 4.98 Å². The molecule has 0 aliphatic carbocycles. The Morgan fingerprint density at radius 3 is 2.55 bits per heavy atom. The van der Waals surface area contributed by atoms with E-state index in [1.165, 1.54) is 6.92 Å². The summed E-state index contributed by atoms with van der Waals surface area (Å²) in [6, 6.07) is 0. The van der Waals surface area contributed by atoms with Gasteiger partial charge in [0.05, 0.1) is 18.7 Å². The lowest BCUT2D eigenvalue weighted by Gasteiger charge is -2.18. The summed E-state index contributed by atoms with van der Waals surface area (Å²) in [5, 5.41) is 28.3. The smallest absolute Gasteiger partial charge is 0.270 e. The second kappa shape index (κ2) is 5.93. The molecule has 0 radical (unpaired) electrons. The van der Waals surface area contributed by atoms with Crippen LogP contribution < -0.4 is 5.73 Å². The topological polar surface area (TPSA) is 165 Å². The first-order chi connectivity index (χ1) is 10.2. The Labute approximate surface area is 126 Å². The molecule has 124 valence electrons. The van der Waals surface area contributed by atoms with Crippen LogP contribution in [0.25, 0.3) is 0 Å². The first-order valence-electron chi connectivity index (χ1n) is 6.46. The van der Waals surface area contributed by atoms with Crippen molar-refractivity contribution in [3.05, 3.63) is 12.0 Å². The zero-order chi connectivity index (χ0) is 16.7. The standard InChI is InChI=1S/C11H17N3O7S/c1-2-22(19,20)11-6(9(12)18)13-4-14(11)10-8(17)7(16)5(3-15)21-10/h4-5,7-8,10,15-17H,2-3H2,1H3,(H2,12,18)/t5-,7-,8-,10?/m1/s1. The monoisotopic (exact) mass is 335 g/mol. The van der Waals surface area contributed by atoms with Crippen molar-refractivity contribution in [2.24, 2.45) is 5.73 Å². The summed E-state index contributed by atoms with van der Waals surface area (Å²) in [4.78, 5) is 15.0. The molecule has 1 aliphatic rings. The number of imidazole rings is 1. The molecule has 1 fully saturated rings. The molecular weight excluding hydrogens is 318 g/mol. The molecule has 5 N–H and O–H groups in total. The van der Waals surface area contributed by atoms with Crippen molar-refractivity contribution in [1.29, 1.82) is 0 Å². The van der Waals surface area contributed by atoms with Crippen LogP contribution >= 0.6 is 0 Å². The number of sulfone groups is 1. The number of nitrogens with zero attached hydrogens (tertiary/aromatic N) is 2. The fourth-order valence-corrected chi connectivity index (χ4v) is 3.45. The van der Waals surface area contributed by atoms with Crippen molar-refractivity contribution in [1.82, 2.24) is 9.55 Å². The second-order valence-corrected chi connectivity index (χ2v) is 7.00. The number of nitrogens with two attached hydrogens (primary N) is 1. The number of carbonyl (C=O) groups is 1. The van der Waals surface area contributed by atoms with Crippen LogP contribution in [0.2, 0.25) is 0 Å². The molecule has 0 saturated carbocycles. The third-order valence-electron chi connectivity index (χ3n) is 3.45. The van der Waals surface area contributed by atoms with E-state index in [1.54, 1.807) is 0 Å². The van der Waals surface area contributed by atoms with Crippen LogP contribution in [0, 0.1) is 0 Å². The van der Waals surface area contributed by atoms with Crippen LogP contribution in [0.1, 0.15) is 23.6 Å². The maximum Gasteiger partial charge on any atom is 0.270 e. The summed E-state index contributed by atoms with van der Waals surface area (Å²) in [5.41, 5.74) is 4.65. The van der Waals surface area contributed by atoms with Gasteiger partial charge in [0, 0.05) is 0 Å². The minimum atomic E-state index is -3.90. The van der Waals surface area contributed by atoms with E-state index < -0.39 is 57.6 Å². The lowest BCUT2D eigenvalue weighted by molar-refractivity contribution is -0.0566. The Bertz CT molecular complexity index is 671. The number of aliphatic hydroxyl groups excluding tert-OH is 3. The number of primary amides is 1. The van der Waals surface area contributed by atoms with E-state index in [9.17, 15) is 23.4 Å². The Balaban J connectivity index is 2.56. The van der Waals surface area contributed by atoms with Gasteiger partial charge in [0.25, 0.3) is 5.91 Å². The van der Waals surface area contributed by atoms with Gasteiger partial charge in [-0.25, -0.2) is 13.4 Å². The van der Waals surface area contributed by atoms with E-state index >= 15 is 0 Å². The molecule has 0 bridgehead atoms. The number of hydrogen-bond acceptors (Lipinski definition) is 8. The molecule has 1 aliphatic heterocycles. The highest BCUT2D eigenvalue weighted by molar-refractivity contribution is 7.91. The number of amides is 1. The molecule has 1 unspecified atom stereocenters. The molecule has 0 aromatic carbocycles. The largest absolute Gasteiger partial charge is 0.394 e. The van der Waals surface area contributed by atoms with Gasteiger partial charge < -0.3 is 25.8 Å². The Morgan fingerprint density at radius 2 is 2.09 bits per heavy atom. The van der Waals surface area contributed by atoms with E-state index in [0.717, 1.165) is 10.9 Å². The van der Waals surface area contributed by atoms with Crippen LogP contribution in [0.4, 0.5) is 0 Å². The maximum absolute atomic E-state index is 12.2. The third kappa shape index (κ3) is 2.61. The summed E-state index contributed by atoms with van der Waals surface area (Å²) in [7, 11) is -3.90. The summed E-state index contributed by atoms with van der Waals surface area (Å²) < 4.78 is 30.6. The summed E-state index contributed by atoms with van der Waals surface area (Å²) in [6.45, 7) is 0.802. The van der Waals surface area contributed by atoms with E-state index in [1.807, 2.05) is 0 Å². The van der Waals surface area contributed by atoms with Gasteiger partial charge in [-0.1, -0.05) is 6.92 Å². The Hall–Kier alpha value is -1.53. The highest BCUT2D eigenvalue weighted by Gasteiger charge is 2.45. The molecule has 1 amide bonds. The summed E-state index contributed by atoms with van der Waals surface area (Å²) in [6.07, 6.45) is -4.33. The maximum atomic E-state index is 12.2. The number of rotatable bonds is 5. The minimum absolute atomic E-state index is 0.326. The number of hydrogen-bond donors (Lipinski definition) is 4. The molecule has 11 heteroatoms. The van der Waals surface area contributed by atoms with Crippen molar-refractivity contribution in [2.75, 3.05) is 12.4 Å². The van der Waals surface area contributed by atoms with Crippen LogP contribution in [-0.4, -0.2) is 69.9 Å². The van der Waals surface area contributed by atoms with Crippen molar-refractivity contribution in [3.8, 4) is 0 Å². The average molecular weight is 335 g/mol. The zero-order valence-corrected chi connectivity index (χ0v) is 12.5. The number of carbonyl (C=O) groups excluding carboxylic acids is 1. The second-order valence-electron chi connectivity index (χ2n) is 4.80. The number of aliphatic hydroxyl groups is 3. The quantitative estimate of drug-likeness (QED) is 0.454. The highest BCUT2D eigenvalue weighted by Crippen LogP contribution is 2.32. The molecule has 1 aromatic rings. The van der Waals surface area contributed by atoms with Crippen molar-refractivity contribution >= 4 is 15.7 Å². The van der Waals surface area contributed by atoms with E-state index in [4.69, 9.17) is 15.6 Å². The van der Waals surface area contributed by atoms with Gasteiger partial charge in [-0.15, -0.1) is 0 Å². The SMILES string of the molecule is CCS(=O)(=O)c1c(C(N)=O)ncn1C1O[C@H](CO)[C@@H](O)[C@H]1O. The van der Waals surface area contributed by atoms with E-state index in [0.29, 0.717) is 0 Å². The van der Waals surface area contributed by atoms with E-state index in [-0.39, 0.29) is 5.75 Å². The third-order valence-corrected chi connectivity index (χ3v) is 5.20. The molecule has 10 nitrogen and oxygen atoms in total. The molecular formula is C11H17N3O7S. The van der Waals surface area contributed by atoms with Gasteiger partial charge >= 0.3 is 0 Å². The summed E-state index contributed by atoms with van der Waals surface area (Å²) >= 11 is 0. The van der Waals surface area contributed by atoms with Crippen LogP contribution in [0.5, 0.6) is 0 Å². The average Bonchev–Trinajstić information content (AvgIpc) is 3.03. The molecule has 0 spiro atoms. The van der Waals surface area contributed by atoms with Gasteiger partial charge in [-0.3, -0.25) is 9.36 Å². The molecule has 2 rings (SSSR count). The van der Waals surface area contributed by atoms with Gasteiger partial charge in [-0.05, 0) is 0 Å². The highest BCUT2D eigenvalue weighted by atomic mass is 32.2. The van der Waals surface area contributed by atoms with Gasteiger partial charge in [0.15, 0.2) is 26.8 Å². The molecule has 2 heterocycles. The lowest BCUT2D eigenvalue weighted by Crippen LogP contribution is -2.33. The van der Waals surface area contributed by atoms with Crippen molar-refractivity contribution in [2.45, 2.75) is 36.5 Å². The fraction of sp³-hybridized carbons (Fsp3) is 0.636. The Kier molecular flexibility index (Phi) is 4.54. The molecule has 4 atom stereocenters. The fourth-order valence-electron chi connectivity index (χ4n) is 2.25. The molecule has 1 aromatic heterocycles. The zero-order valence-electron chi connectivity index (χ0n) is 11.7. The van der Waals surface area contributed by atoms with Gasteiger partial charge in [0.2, 0.25) is 0 Å². The predicted molar refractivity (Wildman–Crippen MR) is 71.5 cm³/mol. The lowest BCUT2D eigenvalue weighted by atomic mass is 10.1. The van der Waals surface area contributed by atoms with Crippen LogP contribution in [0.3, 0.4) is 0 Å². The summed E-state index contributed by atoms with van der Waals surface area (Å²) in [5.74, 6) is -1.37. The Morgan fingerprint density at radius 1 is 1.45 bits per heavy atom. The number of aromatic nitrogens is 2.